The molecular formula is C12H14ClF2NO2. The second-order valence-electron chi connectivity index (χ2n) is 3.79. The summed E-state index contributed by atoms with van der Waals surface area (Å²) < 4.78 is 31.9. The highest BCUT2D eigenvalue weighted by Crippen LogP contribution is 2.35. The molecule has 0 amide bonds. The van der Waals surface area contributed by atoms with Crippen LogP contribution in [-0.2, 0) is 9.53 Å². The first-order chi connectivity index (χ1) is 8.32. The van der Waals surface area contributed by atoms with Gasteiger partial charge in [0.2, 0.25) is 0 Å². The quantitative estimate of drug-likeness (QED) is 0.861. The molecule has 3 nitrogen and oxygen atoms in total. The summed E-state index contributed by atoms with van der Waals surface area (Å²) in [6.07, 6.45) is 0. The van der Waals surface area contributed by atoms with Crippen LogP contribution in [0.15, 0.2) is 18.2 Å². The highest BCUT2D eigenvalue weighted by atomic mass is 35.5. The number of hydrogen-bond acceptors (Lipinski definition) is 3. The summed E-state index contributed by atoms with van der Waals surface area (Å²) in [4.78, 5) is 11.2. The molecule has 1 aromatic rings. The molecule has 18 heavy (non-hydrogen) atoms. The summed E-state index contributed by atoms with van der Waals surface area (Å²) in [5.74, 6) is -5.46. The van der Waals surface area contributed by atoms with Crippen molar-refractivity contribution in [2.45, 2.75) is 25.8 Å². The zero-order valence-corrected chi connectivity index (χ0v) is 10.8. The van der Waals surface area contributed by atoms with E-state index in [4.69, 9.17) is 17.3 Å². The third-order valence-corrected chi connectivity index (χ3v) is 2.85. The largest absolute Gasteiger partial charge is 0.462 e. The average Bonchev–Trinajstić information content (AvgIpc) is 2.28. The number of halogens is 3. The van der Waals surface area contributed by atoms with Crippen LogP contribution in [0.2, 0.25) is 5.02 Å². The molecule has 0 aliphatic carbocycles. The normalized spacial score (nSPS) is 13.2. The van der Waals surface area contributed by atoms with Gasteiger partial charge in [0.1, 0.15) is 6.04 Å². The zero-order valence-electron chi connectivity index (χ0n) is 10.0. The maximum atomic E-state index is 13.8. The van der Waals surface area contributed by atoms with Gasteiger partial charge in [0.15, 0.2) is 0 Å². The van der Waals surface area contributed by atoms with Gasteiger partial charge in [0.05, 0.1) is 6.61 Å². The number of ether oxygens (including phenoxy) is 1. The molecule has 0 spiro atoms. The first kappa shape index (κ1) is 14.9. The number of benzene rings is 1. The lowest BCUT2D eigenvalue weighted by atomic mass is 9.97. The average molecular weight is 278 g/mol. The van der Waals surface area contributed by atoms with E-state index in [1.807, 2.05) is 0 Å². The number of nitrogens with two attached hydrogens (primary N) is 1. The predicted octanol–water partition coefficient (Wildman–Crippen LogP) is 2.85. The first-order valence-electron chi connectivity index (χ1n) is 5.38. The van der Waals surface area contributed by atoms with Gasteiger partial charge < -0.3 is 10.5 Å². The highest BCUT2D eigenvalue weighted by Gasteiger charge is 2.48. The fourth-order valence-corrected chi connectivity index (χ4v) is 1.91. The van der Waals surface area contributed by atoms with Crippen LogP contribution in [0.5, 0.6) is 0 Å². The number of carbonyl (C=O) groups is 1. The van der Waals surface area contributed by atoms with Crippen molar-refractivity contribution in [3.05, 3.63) is 34.3 Å². The lowest BCUT2D eigenvalue weighted by Crippen LogP contribution is -2.42. The summed E-state index contributed by atoms with van der Waals surface area (Å²) in [5.41, 5.74) is 6.02. The van der Waals surface area contributed by atoms with Gasteiger partial charge in [-0.25, -0.2) is 4.79 Å². The second kappa shape index (κ2) is 5.63. The standard InChI is InChI=1S/C12H14ClF2NO2/c1-3-18-11(17)12(14,15)10(16)9-7(2)5-4-6-8(9)13/h4-6,10H,3,16H2,1-2H3/t10-/m0/s1. The Morgan fingerprint density at radius 2 is 2.17 bits per heavy atom. The molecule has 0 heterocycles. The minimum atomic E-state index is -3.81. The Morgan fingerprint density at radius 3 is 2.67 bits per heavy atom. The number of alkyl halides is 2. The fraction of sp³-hybridized carbons (Fsp3) is 0.417. The predicted molar refractivity (Wildman–Crippen MR) is 64.7 cm³/mol. The molecule has 0 aliphatic rings. The summed E-state index contributed by atoms with van der Waals surface area (Å²) in [6, 6.07) is 2.84. The molecule has 1 rings (SSSR count). The van der Waals surface area contributed by atoms with Crippen molar-refractivity contribution in [1.82, 2.24) is 0 Å². The van der Waals surface area contributed by atoms with Crippen molar-refractivity contribution in [3.8, 4) is 0 Å². The van der Waals surface area contributed by atoms with Crippen LogP contribution in [0.3, 0.4) is 0 Å². The van der Waals surface area contributed by atoms with Gasteiger partial charge >= 0.3 is 11.9 Å². The molecule has 0 fully saturated rings. The molecule has 100 valence electrons. The number of carbonyl (C=O) groups excluding carboxylic acids is 1. The Morgan fingerprint density at radius 1 is 1.56 bits per heavy atom. The van der Waals surface area contributed by atoms with E-state index in [1.54, 1.807) is 19.1 Å². The minimum Gasteiger partial charge on any atom is -0.462 e. The third-order valence-electron chi connectivity index (χ3n) is 2.52. The van der Waals surface area contributed by atoms with Gasteiger partial charge in [-0.15, -0.1) is 0 Å². The molecule has 0 saturated heterocycles. The molecule has 1 atom stereocenters. The molecule has 0 aromatic heterocycles. The molecule has 0 radical (unpaired) electrons. The lowest BCUT2D eigenvalue weighted by molar-refractivity contribution is -0.174. The Hall–Kier alpha value is -1.20. The van der Waals surface area contributed by atoms with Crippen LogP contribution in [0.4, 0.5) is 8.78 Å². The number of rotatable bonds is 4. The van der Waals surface area contributed by atoms with Crippen molar-refractivity contribution in [3.63, 3.8) is 0 Å². The first-order valence-corrected chi connectivity index (χ1v) is 5.75. The van der Waals surface area contributed by atoms with E-state index in [9.17, 15) is 13.6 Å². The molecule has 0 unspecified atom stereocenters. The fourth-order valence-electron chi connectivity index (χ4n) is 1.57. The third kappa shape index (κ3) is 2.79. The van der Waals surface area contributed by atoms with Crippen LogP contribution >= 0.6 is 11.6 Å². The lowest BCUT2D eigenvalue weighted by Gasteiger charge is -2.24. The molecule has 0 saturated carbocycles. The van der Waals surface area contributed by atoms with Gasteiger partial charge in [-0.05, 0) is 31.0 Å². The monoisotopic (exact) mass is 277 g/mol. The molecule has 2 N–H and O–H groups in total. The van der Waals surface area contributed by atoms with Gasteiger partial charge in [0.25, 0.3) is 0 Å². The van der Waals surface area contributed by atoms with Crippen molar-refractivity contribution in [1.29, 1.82) is 0 Å². The Balaban J connectivity index is 3.13. The van der Waals surface area contributed by atoms with Crippen LogP contribution in [0.25, 0.3) is 0 Å². The van der Waals surface area contributed by atoms with Gasteiger partial charge in [-0.3, -0.25) is 0 Å². The second-order valence-corrected chi connectivity index (χ2v) is 4.20. The zero-order chi connectivity index (χ0) is 13.9. The molecular weight excluding hydrogens is 264 g/mol. The van der Waals surface area contributed by atoms with E-state index in [-0.39, 0.29) is 17.2 Å². The van der Waals surface area contributed by atoms with Crippen molar-refractivity contribution < 1.29 is 18.3 Å². The molecule has 0 aliphatic heterocycles. The van der Waals surface area contributed by atoms with E-state index in [0.29, 0.717) is 5.56 Å². The highest BCUT2D eigenvalue weighted by molar-refractivity contribution is 6.31. The Kier molecular flexibility index (Phi) is 4.65. The van der Waals surface area contributed by atoms with Crippen LogP contribution in [0, 0.1) is 6.92 Å². The van der Waals surface area contributed by atoms with Gasteiger partial charge in [0, 0.05) is 5.02 Å². The summed E-state index contributed by atoms with van der Waals surface area (Å²) >= 11 is 5.85. The summed E-state index contributed by atoms with van der Waals surface area (Å²) in [5, 5.41) is 0.103. The van der Waals surface area contributed by atoms with Crippen LogP contribution < -0.4 is 5.73 Å². The molecule has 0 bridgehead atoms. The maximum Gasteiger partial charge on any atom is 0.379 e. The van der Waals surface area contributed by atoms with Gasteiger partial charge in [-0.2, -0.15) is 8.78 Å². The van der Waals surface area contributed by atoms with E-state index < -0.39 is 17.9 Å². The van der Waals surface area contributed by atoms with Crippen LogP contribution in [-0.4, -0.2) is 18.5 Å². The Bertz CT molecular complexity index is 431. The van der Waals surface area contributed by atoms with E-state index in [1.165, 1.54) is 13.0 Å². The SMILES string of the molecule is CCOC(=O)C(F)(F)[C@@H](N)c1c(C)cccc1Cl. The number of hydrogen-bond donors (Lipinski definition) is 1. The van der Waals surface area contributed by atoms with E-state index >= 15 is 0 Å². The minimum absolute atomic E-state index is 0.0530. The number of aryl methyl sites for hydroxylation is 1. The van der Waals surface area contributed by atoms with Crippen molar-refractivity contribution in [2.75, 3.05) is 6.61 Å². The Labute approximate surface area is 109 Å². The van der Waals surface area contributed by atoms with Crippen molar-refractivity contribution in [2.24, 2.45) is 5.73 Å². The topological polar surface area (TPSA) is 52.3 Å². The van der Waals surface area contributed by atoms with Gasteiger partial charge in [-0.1, -0.05) is 23.7 Å². The smallest absolute Gasteiger partial charge is 0.379 e. The van der Waals surface area contributed by atoms with Crippen molar-refractivity contribution >= 4 is 17.6 Å². The molecule has 1 aromatic carbocycles. The summed E-state index contributed by atoms with van der Waals surface area (Å²) in [7, 11) is 0. The summed E-state index contributed by atoms with van der Waals surface area (Å²) in [6.45, 7) is 2.91. The maximum absolute atomic E-state index is 13.8. The molecule has 6 heteroatoms. The van der Waals surface area contributed by atoms with Crippen LogP contribution in [0.1, 0.15) is 24.1 Å². The van der Waals surface area contributed by atoms with E-state index in [2.05, 4.69) is 4.74 Å². The van der Waals surface area contributed by atoms with E-state index in [0.717, 1.165) is 0 Å². The number of esters is 1.